The van der Waals surface area contributed by atoms with Gasteiger partial charge < -0.3 is 10.1 Å². The quantitative estimate of drug-likeness (QED) is 0.884. The van der Waals surface area contributed by atoms with Crippen molar-refractivity contribution in [1.29, 1.82) is 0 Å². The molecule has 0 spiro atoms. The maximum atomic E-state index is 12.0. The van der Waals surface area contributed by atoms with Crippen LogP contribution in [0.4, 0.5) is 8.78 Å². The second kappa shape index (κ2) is 6.14. The van der Waals surface area contributed by atoms with Crippen molar-refractivity contribution in [2.45, 2.75) is 13.5 Å². The average molecular weight is 281 g/mol. The van der Waals surface area contributed by atoms with Crippen LogP contribution in [-0.2, 0) is 0 Å². The second-order valence-corrected chi connectivity index (χ2v) is 3.93. The summed E-state index contributed by atoms with van der Waals surface area (Å²) in [5, 5.41) is 9.27. The normalized spacial score (nSPS) is 10.6. The summed E-state index contributed by atoms with van der Waals surface area (Å²) in [6.07, 6.45) is 0. The molecule has 2 rings (SSSR count). The Balaban J connectivity index is 2.14. The number of ether oxygens (including phenoxy) is 1. The highest BCUT2D eigenvalue weighted by Gasteiger charge is 2.10. The van der Waals surface area contributed by atoms with Gasteiger partial charge in [-0.1, -0.05) is 0 Å². The van der Waals surface area contributed by atoms with Crippen LogP contribution in [0.3, 0.4) is 0 Å². The van der Waals surface area contributed by atoms with Crippen molar-refractivity contribution >= 4 is 5.91 Å². The highest BCUT2D eigenvalue weighted by atomic mass is 19.3. The number of carbonyl (C=O) groups is 1. The molecule has 0 aliphatic carbocycles. The highest BCUT2D eigenvalue weighted by Crippen LogP contribution is 2.22. The summed E-state index contributed by atoms with van der Waals surface area (Å²) in [6, 6.07) is 7.61. The van der Waals surface area contributed by atoms with Gasteiger partial charge in [0.05, 0.1) is 5.69 Å². The van der Waals surface area contributed by atoms with Crippen LogP contribution in [0, 0.1) is 0 Å². The van der Waals surface area contributed by atoms with Crippen LogP contribution in [-0.4, -0.2) is 29.3 Å². The minimum absolute atomic E-state index is 0.0724. The van der Waals surface area contributed by atoms with Crippen LogP contribution in [0.15, 0.2) is 30.3 Å². The van der Waals surface area contributed by atoms with Gasteiger partial charge in [0, 0.05) is 12.1 Å². The monoisotopic (exact) mass is 281 g/mol. The summed E-state index contributed by atoms with van der Waals surface area (Å²) in [4.78, 5) is 11.6. The number of H-pyrrole nitrogens is 1. The number of nitrogens with zero attached hydrogens (tertiary/aromatic N) is 1. The molecule has 0 saturated carbocycles. The van der Waals surface area contributed by atoms with Gasteiger partial charge in [-0.15, -0.1) is 0 Å². The highest BCUT2D eigenvalue weighted by molar-refractivity contribution is 5.93. The smallest absolute Gasteiger partial charge is 0.387 e. The molecule has 106 valence electrons. The third kappa shape index (κ3) is 3.31. The van der Waals surface area contributed by atoms with E-state index in [1.54, 1.807) is 18.2 Å². The topological polar surface area (TPSA) is 67.0 Å². The maximum absolute atomic E-state index is 12.0. The van der Waals surface area contributed by atoms with Gasteiger partial charge in [0.1, 0.15) is 11.4 Å². The Hall–Kier alpha value is -2.44. The summed E-state index contributed by atoms with van der Waals surface area (Å²) in [6.45, 7) is -0.514. The van der Waals surface area contributed by atoms with Crippen molar-refractivity contribution in [3.63, 3.8) is 0 Å². The van der Waals surface area contributed by atoms with Crippen molar-refractivity contribution in [1.82, 2.24) is 15.5 Å². The van der Waals surface area contributed by atoms with Gasteiger partial charge in [-0.25, -0.2) is 0 Å². The molecular weight excluding hydrogens is 268 g/mol. The Morgan fingerprint density at radius 3 is 2.70 bits per heavy atom. The fourth-order valence-corrected chi connectivity index (χ4v) is 1.65. The molecule has 1 amide bonds. The second-order valence-electron chi connectivity index (χ2n) is 3.93. The number of halogens is 2. The molecule has 0 aliphatic rings. The minimum Gasteiger partial charge on any atom is -0.435 e. The van der Waals surface area contributed by atoms with E-state index in [2.05, 4.69) is 20.3 Å². The van der Waals surface area contributed by atoms with Crippen molar-refractivity contribution in [3.05, 3.63) is 36.0 Å². The Morgan fingerprint density at radius 2 is 2.10 bits per heavy atom. The van der Waals surface area contributed by atoms with E-state index in [9.17, 15) is 13.6 Å². The van der Waals surface area contributed by atoms with E-state index in [-0.39, 0.29) is 11.7 Å². The first kappa shape index (κ1) is 14.0. The van der Waals surface area contributed by atoms with Gasteiger partial charge in [-0.3, -0.25) is 9.89 Å². The third-order valence-corrected chi connectivity index (χ3v) is 2.54. The molecule has 0 atom stereocenters. The largest absolute Gasteiger partial charge is 0.435 e. The molecule has 5 nitrogen and oxygen atoms in total. The van der Waals surface area contributed by atoms with Crippen molar-refractivity contribution in [2.75, 3.05) is 6.54 Å². The molecule has 0 bridgehead atoms. The molecular formula is C13H13F2N3O2. The van der Waals surface area contributed by atoms with Crippen LogP contribution >= 0.6 is 0 Å². The molecule has 20 heavy (non-hydrogen) atoms. The molecule has 1 aromatic carbocycles. The summed E-state index contributed by atoms with van der Waals surface area (Å²) in [5.74, 6) is -0.174. The predicted molar refractivity (Wildman–Crippen MR) is 68.7 cm³/mol. The first-order chi connectivity index (χ1) is 9.60. The number of amides is 1. The molecule has 0 unspecified atom stereocenters. The van der Waals surface area contributed by atoms with Gasteiger partial charge in [0.2, 0.25) is 0 Å². The van der Waals surface area contributed by atoms with Crippen LogP contribution in [0.2, 0.25) is 0 Å². The van der Waals surface area contributed by atoms with Crippen molar-refractivity contribution in [3.8, 4) is 17.0 Å². The lowest BCUT2D eigenvalue weighted by Crippen LogP contribution is -2.22. The number of hydrogen-bond acceptors (Lipinski definition) is 3. The number of aromatic amines is 1. The molecule has 1 aromatic heterocycles. The summed E-state index contributed by atoms with van der Waals surface area (Å²) in [7, 11) is 0. The molecule has 1 heterocycles. The number of alkyl halides is 2. The van der Waals surface area contributed by atoms with E-state index in [4.69, 9.17) is 0 Å². The van der Waals surface area contributed by atoms with E-state index >= 15 is 0 Å². The van der Waals surface area contributed by atoms with E-state index in [0.717, 1.165) is 0 Å². The third-order valence-electron chi connectivity index (χ3n) is 2.54. The van der Waals surface area contributed by atoms with Crippen molar-refractivity contribution < 1.29 is 18.3 Å². The number of hydrogen-bond donors (Lipinski definition) is 2. The molecule has 7 heteroatoms. The van der Waals surface area contributed by atoms with E-state index in [1.807, 2.05) is 6.92 Å². The fraction of sp³-hybridized carbons (Fsp3) is 0.231. The number of benzene rings is 1. The zero-order chi connectivity index (χ0) is 14.5. The zero-order valence-electron chi connectivity index (χ0n) is 10.7. The standard InChI is InChI=1S/C13H13F2N3O2/c1-2-16-12(19)11-7-10(17-18-11)8-3-5-9(6-4-8)20-13(14)15/h3-7,13H,2H2,1H3,(H,16,19)(H,17,18). The summed E-state index contributed by atoms with van der Waals surface area (Å²) < 4.78 is 28.3. The Kier molecular flexibility index (Phi) is 4.29. The first-order valence-electron chi connectivity index (χ1n) is 5.99. The van der Waals surface area contributed by atoms with Gasteiger partial charge in [-0.2, -0.15) is 13.9 Å². The molecule has 0 fully saturated rings. The number of carbonyl (C=O) groups excluding carboxylic acids is 1. The maximum Gasteiger partial charge on any atom is 0.387 e. The number of rotatable bonds is 5. The summed E-state index contributed by atoms with van der Waals surface area (Å²) in [5.41, 5.74) is 1.59. The lowest BCUT2D eigenvalue weighted by molar-refractivity contribution is -0.0498. The number of nitrogens with one attached hydrogen (secondary N) is 2. The van der Waals surface area contributed by atoms with E-state index in [1.165, 1.54) is 12.1 Å². The number of aromatic nitrogens is 2. The average Bonchev–Trinajstić information content (AvgIpc) is 2.89. The van der Waals surface area contributed by atoms with E-state index < -0.39 is 6.61 Å². The van der Waals surface area contributed by atoms with Crippen molar-refractivity contribution in [2.24, 2.45) is 0 Å². The van der Waals surface area contributed by atoms with Gasteiger partial charge >= 0.3 is 6.61 Å². The predicted octanol–water partition coefficient (Wildman–Crippen LogP) is 2.43. The van der Waals surface area contributed by atoms with Crippen LogP contribution in [0.1, 0.15) is 17.4 Å². The fourth-order valence-electron chi connectivity index (χ4n) is 1.65. The molecule has 2 aromatic rings. The van der Waals surface area contributed by atoms with Crippen LogP contribution < -0.4 is 10.1 Å². The Labute approximate surface area is 114 Å². The Bertz CT molecular complexity index is 582. The molecule has 0 radical (unpaired) electrons. The van der Waals surface area contributed by atoms with Gasteiger partial charge in [0.25, 0.3) is 5.91 Å². The summed E-state index contributed by atoms with van der Waals surface area (Å²) >= 11 is 0. The minimum atomic E-state index is -2.85. The molecule has 0 saturated heterocycles. The Morgan fingerprint density at radius 1 is 1.40 bits per heavy atom. The van der Waals surface area contributed by atoms with Crippen LogP contribution in [0.25, 0.3) is 11.3 Å². The SMILES string of the molecule is CCNC(=O)c1cc(-c2ccc(OC(F)F)cc2)n[nH]1. The molecule has 0 aliphatic heterocycles. The van der Waals surface area contributed by atoms with Gasteiger partial charge in [0.15, 0.2) is 0 Å². The first-order valence-corrected chi connectivity index (χ1v) is 5.99. The molecule has 2 N–H and O–H groups in total. The van der Waals surface area contributed by atoms with E-state index in [0.29, 0.717) is 23.5 Å². The lowest BCUT2D eigenvalue weighted by Gasteiger charge is -2.04. The van der Waals surface area contributed by atoms with Gasteiger partial charge in [-0.05, 0) is 37.3 Å². The zero-order valence-corrected chi connectivity index (χ0v) is 10.7. The lowest BCUT2D eigenvalue weighted by atomic mass is 10.1. The van der Waals surface area contributed by atoms with Crippen LogP contribution in [0.5, 0.6) is 5.75 Å².